The predicted octanol–water partition coefficient (Wildman–Crippen LogP) is 5.99. The Morgan fingerprint density at radius 2 is 1.87 bits per heavy atom. The molecule has 1 aliphatic carbocycles. The van der Waals surface area contributed by atoms with Gasteiger partial charge in [0.05, 0.1) is 16.8 Å². The van der Waals surface area contributed by atoms with Gasteiger partial charge in [-0.15, -0.1) is 10.2 Å². The van der Waals surface area contributed by atoms with Crippen molar-refractivity contribution in [2.75, 3.05) is 18.7 Å². The van der Waals surface area contributed by atoms with E-state index in [4.69, 9.17) is 14.3 Å². The summed E-state index contributed by atoms with van der Waals surface area (Å²) in [5.74, 6) is -3.75. The lowest BCUT2D eigenvalue weighted by molar-refractivity contribution is -0.142. The van der Waals surface area contributed by atoms with E-state index in [1.807, 2.05) is 0 Å². The van der Waals surface area contributed by atoms with Gasteiger partial charge in [-0.05, 0) is 55.7 Å². The molecular weight excluding hydrogens is 535 g/mol. The first-order valence-corrected chi connectivity index (χ1v) is 13.0. The summed E-state index contributed by atoms with van der Waals surface area (Å²) in [6.45, 7) is 0.985. The maximum Gasteiger partial charge on any atom is 0.435 e. The fraction of sp³-hybridized carbons (Fsp3) is 0.292. The Morgan fingerprint density at radius 3 is 2.45 bits per heavy atom. The molecule has 1 unspecified atom stereocenters. The van der Waals surface area contributed by atoms with Crippen molar-refractivity contribution in [1.29, 1.82) is 4.78 Å². The van der Waals surface area contributed by atoms with Crippen molar-refractivity contribution >= 4 is 21.3 Å². The summed E-state index contributed by atoms with van der Waals surface area (Å²) in [5.41, 5.74) is -4.81. The van der Waals surface area contributed by atoms with E-state index in [0.29, 0.717) is 0 Å². The zero-order chi connectivity index (χ0) is 28.0. The highest BCUT2D eigenvalue weighted by molar-refractivity contribution is 7.91. The number of rotatable bonds is 7. The zero-order valence-corrected chi connectivity index (χ0v) is 21.0. The first-order valence-electron chi connectivity index (χ1n) is 11.0. The van der Waals surface area contributed by atoms with Crippen LogP contribution in [0.1, 0.15) is 40.0 Å². The third kappa shape index (κ3) is 5.26. The molecule has 202 valence electrons. The van der Waals surface area contributed by atoms with Crippen LogP contribution in [0.5, 0.6) is 17.4 Å². The summed E-state index contributed by atoms with van der Waals surface area (Å²) >= 11 is 0. The van der Waals surface area contributed by atoms with Gasteiger partial charge in [0.1, 0.15) is 11.2 Å². The standard InChI is InChI=1S/C24H21F5N4O4S/c1-12-17(21(34)31-13-5-4-6-14(11-13)38(3,30)35)22(33-32-20(12)24(27,28)29)37-16-8-7-15(23(26)9-10-23)18(25)19(16)36-2/h4-8,11,30H,9-10H2,1-3H3,(H,31,34). The molecule has 0 spiro atoms. The molecule has 1 atom stereocenters. The fourth-order valence-corrected chi connectivity index (χ4v) is 4.45. The average molecular weight is 557 g/mol. The molecule has 1 aliphatic rings. The van der Waals surface area contributed by atoms with Crippen LogP contribution in [0.15, 0.2) is 41.3 Å². The summed E-state index contributed by atoms with van der Waals surface area (Å²) in [6.07, 6.45) is -3.56. The van der Waals surface area contributed by atoms with E-state index in [9.17, 15) is 26.6 Å². The molecule has 14 heteroatoms. The quantitative estimate of drug-likeness (QED) is 0.346. The second-order valence-corrected chi connectivity index (χ2v) is 10.9. The first-order chi connectivity index (χ1) is 17.7. The minimum absolute atomic E-state index is 0.0377. The molecule has 2 aromatic carbocycles. The normalized spacial score (nSPS) is 15.9. The number of nitrogens with zero attached hydrogens (tertiary/aromatic N) is 2. The number of ether oxygens (including phenoxy) is 2. The van der Waals surface area contributed by atoms with Crippen LogP contribution in [-0.4, -0.2) is 33.7 Å². The molecule has 1 heterocycles. The number of hydrogen-bond donors (Lipinski definition) is 2. The summed E-state index contributed by atoms with van der Waals surface area (Å²) < 4.78 is 101. The number of methoxy groups -OCH3 is 1. The zero-order valence-electron chi connectivity index (χ0n) is 20.2. The Balaban J connectivity index is 1.78. The molecule has 1 saturated carbocycles. The SMILES string of the molecule is COc1c(Oc2nnc(C(F)(F)F)c(C)c2C(=O)Nc2cccc(S(C)(=N)=O)c2)ccc(C2(F)CC2)c1F. The van der Waals surface area contributed by atoms with E-state index in [0.717, 1.165) is 32.4 Å². The van der Waals surface area contributed by atoms with Crippen molar-refractivity contribution in [1.82, 2.24) is 10.2 Å². The first kappa shape index (κ1) is 27.2. The third-order valence-electron chi connectivity index (χ3n) is 5.87. The van der Waals surface area contributed by atoms with Crippen molar-refractivity contribution < 1.29 is 40.4 Å². The van der Waals surface area contributed by atoms with Crippen molar-refractivity contribution in [3.05, 3.63) is 64.6 Å². The van der Waals surface area contributed by atoms with Crippen molar-refractivity contribution in [3.63, 3.8) is 0 Å². The van der Waals surface area contributed by atoms with Crippen LogP contribution in [-0.2, 0) is 21.6 Å². The molecule has 4 rings (SSSR count). The third-order valence-corrected chi connectivity index (χ3v) is 7.02. The second kappa shape index (κ2) is 9.49. The van der Waals surface area contributed by atoms with E-state index >= 15 is 4.39 Å². The summed E-state index contributed by atoms with van der Waals surface area (Å²) in [4.78, 5) is 13.3. The second-order valence-electron chi connectivity index (χ2n) is 8.70. The molecule has 0 aliphatic heterocycles. The van der Waals surface area contributed by atoms with Gasteiger partial charge < -0.3 is 14.8 Å². The van der Waals surface area contributed by atoms with Gasteiger partial charge in [-0.2, -0.15) is 13.2 Å². The van der Waals surface area contributed by atoms with Gasteiger partial charge in [0.15, 0.2) is 23.0 Å². The molecule has 1 amide bonds. The number of aromatic nitrogens is 2. The van der Waals surface area contributed by atoms with Crippen molar-refractivity contribution in [3.8, 4) is 17.4 Å². The minimum atomic E-state index is -4.96. The van der Waals surface area contributed by atoms with E-state index in [1.54, 1.807) is 0 Å². The van der Waals surface area contributed by atoms with Crippen LogP contribution in [0.4, 0.5) is 27.6 Å². The number of carbonyl (C=O) groups excluding carboxylic acids is 1. The number of hydrogen-bond acceptors (Lipinski definition) is 7. The Kier molecular flexibility index (Phi) is 6.80. The molecule has 3 aromatic rings. The van der Waals surface area contributed by atoms with Crippen molar-refractivity contribution in [2.24, 2.45) is 0 Å². The lowest BCUT2D eigenvalue weighted by Gasteiger charge is -2.18. The summed E-state index contributed by atoms with van der Waals surface area (Å²) in [5, 5.41) is 8.95. The van der Waals surface area contributed by atoms with E-state index in [-0.39, 0.29) is 34.7 Å². The van der Waals surface area contributed by atoms with Crippen LogP contribution < -0.4 is 14.8 Å². The lowest BCUT2D eigenvalue weighted by Crippen LogP contribution is -2.21. The highest BCUT2D eigenvalue weighted by Crippen LogP contribution is 2.52. The molecule has 0 radical (unpaired) electrons. The number of amides is 1. The van der Waals surface area contributed by atoms with Gasteiger partial charge in [0.2, 0.25) is 0 Å². The number of benzene rings is 2. The Labute approximate surface area is 214 Å². The predicted molar refractivity (Wildman–Crippen MR) is 126 cm³/mol. The van der Waals surface area contributed by atoms with Crippen molar-refractivity contribution in [2.45, 2.75) is 36.5 Å². The molecule has 1 fully saturated rings. The number of halogens is 5. The number of carbonyl (C=O) groups is 1. The van der Waals surface area contributed by atoms with Gasteiger partial charge in [-0.1, -0.05) is 6.07 Å². The molecule has 38 heavy (non-hydrogen) atoms. The molecular formula is C24H21F5N4O4S. The van der Waals surface area contributed by atoms with E-state index < -0.39 is 61.7 Å². The van der Waals surface area contributed by atoms with Gasteiger partial charge in [-0.25, -0.2) is 17.8 Å². The Morgan fingerprint density at radius 1 is 1.18 bits per heavy atom. The summed E-state index contributed by atoms with van der Waals surface area (Å²) in [6, 6.07) is 7.70. The molecule has 2 N–H and O–H groups in total. The molecule has 0 saturated heterocycles. The van der Waals surface area contributed by atoms with E-state index in [1.165, 1.54) is 24.3 Å². The molecule has 0 bridgehead atoms. The lowest BCUT2D eigenvalue weighted by atomic mass is 10.1. The summed E-state index contributed by atoms with van der Waals surface area (Å²) in [7, 11) is -2.06. The Bertz CT molecular complexity index is 1540. The topological polar surface area (TPSA) is 114 Å². The van der Waals surface area contributed by atoms with Crippen LogP contribution in [0.2, 0.25) is 0 Å². The minimum Gasteiger partial charge on any atom is -0.490 e. The monoisotopic (exact) mass is 556 g/mol. The van der Waals surface area contributed by atoms with Gasteiger partial charge >= 0.3 is 6.18 Å². The smallest absolute Gasteiger partial charge is 0.435 e. The number of alkyl halides is 4. The van der Waals surface area contributed by atoms with E-state index in [2.05, 4.69) is 15.5 Å². The van der Waals surface area contributed by atoms with Crippen LogP contribution in [0.25, 0.3) is 0 Å². The number of anilines is 1. The van der Waals surface area contributed by atoms with Crippen LogP contribution in [0, 0.1) is 17.5 Å². The van der Waals surface area contributed by atoms with Gasteiger partial charge in [-0.3, -0.25) is 4.79 Å². The van der Waals surface area contributed by atoms with Gasteiger partial charge in [0.25, 0.3) is 11.8 Å². The Hall–Kier alpha value is -3.81. The highest BCUT2D eigenvalue weighted by atomic mass is 32.2. The largest absolute Gasteiger partial charge is 0.490 e. The maximum atomic E-state index is 15.0. The molecule has 8 nitrogen and oxygen atoms in total. The number of nitrogens with one attached hydrogen (secondary N) is 2. The highest BCUT2D eigenvalue weighted by Gasteiger charge is 2.48. The fourth-order valence-electron chi connectivity index (χ4n) is 3.76. The molecule has 1 aromatic heterocycles. The van der Waals surface area contributed by atoms with Crippen LogP contribution in [0.3, 0.4) is 0 Å². The van der Waals surface area contributed by atoms with Crippen LogP contribution >= 0.6 is 0 Å². The average Bonchev–Trinajstić information content (AvgIpc) is 3.56. The van der Waals surface area contributed by atoms with Gasteiger partial charge in [0, 0.05) is 22.4 Å². The maximum absolute atomic E-state index is 15.0.